The number of halogens is 2. The molecular formula is C16H16ClFN2. The Morgan fingerprint density at radius 3 is 2.25 bits per heavy atom. The highest BCUT2D eigenvalue weighted by Crippen LogP contribution is 2.30. The quantitative estimate of drug-likeness (QED) is 0.812. The third kappa shape index (κ3) is 2.46. The van der Waals surface area contributed by atoms with E-state index >= 15 is 0 Å². The van der Waals surface area contributed by atoms with Crippen LogP contribution in [0.2, 0.25) is 5.02 Å². The molecule has 0 bridgehead atoms. The third-order valence-corrected chi connectivity index (χ3v) is 4.12. The van der Waals surface area contributed by atoms with E-state index in [1.165, 1.54) is 23.3 Å². The van der Waals surface area contributed by atoms with Crippen molar-refractivity contribution in [3.63, 3.8) is 0 Å². The first kappa shape index (κ1) is 13.3. The van der Waals surface area contributed by atoms with Gasteiger partial charge in [-0.25, -0.2) is 4.39 Å². The largest absolute Gasteiger partial charge is 0.397 e. The van der Waals surface area contributed by atoms with Gasteiger partial charge in [0.1, 0.15) is 5.82 Å². The molecule has 4 heteroatoms. The number of benzene rings is 2. The second kappa shape index (κ2) is 5.33. The van der Waals surface area contributed by atoms with Crippen LogP contribution in [0.15, 0.2) is 36.4 Å². The predicted octanol–water partition coefficient (Wildman–Crippen LogP) is 3.67. The van der Waals surface area contributed by atoms with E-state index in [4.69, 9.17) is 17.3 Å². The number of nitrogen functional groups attached to an aromatic ring is 1. The van der Waals surface area contributed by atoms with Crippen molar-refractivity contribution in [1.29, 1.82) is 0 Å². The summed E-state index contributed by atoms with van der Waals surface area (Å²) in [5.41, 5.74) is 9.98. The summed E-state index contributed by atoms with van der Waals surface area (Å²) in [7, 11) is 0. The Kier molecular flexibility index (Phi) is 3.53. The topological polar surface area (TPSA) is 29.3 Å². The van der Waals surface area contributed by atoms with E-state index < -0.39 is 5.82 Å². The fourth-order valence-electron chi connectivity index (χ4n) is 2.73. The Morgan fingerprint density at radius 2 is 1.65 bits per heavy atom. The van der Waals surface area contributed by atoms with Crippen LogP contribution in [0.25, 0.3) is 0 Å². The summed E-state index contributed by atoms with van der Waals surface area (Å²) >= 11 is 5.76. The second-order valence-electron chi connectivity index (χ2n) is 5.08. The van der Waals surface area contributed by atoms with Crippen molar-refractivity contribution in [2.45, 2.75) is 12.8 Å². The molecule has 2 N–H and O–H groups in total. The van der Waals surface area contributed by atoms with Crippen molar-refractivity contribution in [1.82, 2.24) is 0 Å². The van der Waals surface area contributed by atoms with Crippen LogP contribution in [-0.4, -0.2) is 13.1 Å². The molecule has 0 fully saturated rings. The Labute approximate surface area is 123 Å². The number of nitrogens with zero attached hydrogens (tertiary/aromatic N) is 1. The Hall–Kier alpha value is -1.74. The number of rotatable bonds is 1. The summed E-state index contributed by atoms with van der Waals surface area (Å²) in [6.45, 7) is 1.67. The Bertz CT molecular complexity index is 615. The first-order valence-electron chi connectivity index (χ1n) is 6.71. The lowest BCUT2D eigenvalue weighted by Gasteiger charge is -2.24. The highest BCUT2D eigenvalue weighted by molar-refractivity contribution is 6.31. The summed E-state index contributed by atoms with van der Waals surface area (Å²) in [5.74, 6) is -0.419. The van der Waals surface area contributed by atoms with Gasteiger partial charge in [0.2, 0.25) is 0 Å². The molecule has 1 aliphatic rings. The molecule has 1 heterocycles. The molecular weight excluding hydrogens is 275 g/mol. The molecule has 0 amide bonds. The zero-order chi connectivity index (χ0) is 14.1. The van der Waals surface area contributed by atoms with Crippen LogP contribution in [0, 0.1) is 5.82 Å². The van der Waals surface area contributed by atoms with Gasteiger partial charge in [0.25, 0.3) is 0 Å². The van der Waals surface area contributed by atoms with E-state index in [0.717, 1.165) is 31.6 Å². The minimum Gasteiger partial charge on any atom is -0.397 e. The van der Waals surface area contributed by atoms with Gasteiger partial charge in [-0.05, 0) is 30.0 Å². The summed E-state index contributed by atoms with van der Waals surface area (Å²) in [4.78, 5) is 2.13. The molecule has 0 saturated heterocycles. The van der Waals surface area contributed by atoms with E-state index in [2.05, 4.69) is 29.2 Å². The minimum absolute atomic E-state index is 0.0735. The molecule has 20 heavy (non-hydrogen) atoms. The molecule has 104 valence electrons. The summed E-state index contributed by atoms with van der Waals surface area (Å²) in [6.07, 6.45) is 1.89. The minimum atomic E-state index is -0.419. The van der Waals surface area contributed by atoms with Crippen LogP contribution in [0.5, 0.6) is 0 Å². The zero-order valence-electron chi connectivity index (χ0n) is 11.1. The number of nitrogens with two attached hydrogens (primary N) is 1. The van der Waals surface area contributed by atoms with E-state index in [-0.39, 0.29) is 5.02 Å². The lowest BCUT2D eigenvalue weighted by molar-refractivity contribution is 0.627. The van der Waals surface area contributed by atoms with Crippen LogP contribution in [-0.2, 0) is 12.8 Å². The van der Waals surface area contributed by atoms with Gasteiger partial charge in [0.15, 0.2) is 0 Å². The molecule has 3 rings (SSSR count). The van der Waals surface area contributed by atoms with Crippen molar-refractivity contribution >= 4 is 23.0 Å². The first-order valence-corrected chi connectivity index (χ1v) is 7.09. The van der Waals surface area contributed by atoms with E-state index in [9.17, 15) is 4.39 Å². The van der Waals surface area contributed by atoms with Crippen LogP contribution < -0.4 is 10.6 Å². The predicted molar refractivity (Wildman–Crippen MR) is 81.9 cm³/mol. The number of hydrogen-bond donors (Lipinski definition) is 1. The van der Waals surface area contributed by atoms with Gasteiger partial charge in [-0.2, -0.15) is 0 Å². The fraction of sp³-hybridized carbons (Fsp3) is 0.250. The number of hydrogen-bond acceptors (Lipinski definition) is 2. The molecule has 0 aliphatic carbocycles. The normalized spacial score (nSPS) is 14.8. The molecule has 2 nitrogen and oxygen atoms in total. The molecule has 0 aromatic heterocycles. The maximum absolute atomic E-state index is 13.7. The van der Waals surface area contributed by atoms with Crippen LogP contribution in [0.4, 0.5) is 15.8 Å². The van der Waals surface area contributed by atoms with Gasteiger partial charge in [0, 0.05) is 19.2 Å². The zero-order valence-corrected chi connectivity index (χ0v) is 11.8. The highest BCUT2D eigenvalue weighted by Gasteiger charge is 2.17. The average molecular weight is 291 g/mol. The van der Waals surface area contributed by atoms with Crippen molar-refractivity contribution < 1.29 is 4.39 Å². The highest BCUT2D eigenvalue weighted by atomic mass is 35.5. The molecule has 2 aromatic rings. The fourth-order valence-corrected chi connectivity index (χ4v) is 2.91. The number of anilines is 2. The molecule has 0 radical (unpaired) electrons. The van der Waals surface area contributed by atoms with Gasteiger partial charge in [-0.3, -0.25) is 0 Å². The van der Waals surface area contributed by atoms with Crippen LogP contribution in [0.1, 0.15) is 11.1 Å². The molecule has 2 aromatic carbocycles. The van der Waals surface area contributed by atoms with Gasteiger partial charge < -0.3 is 10.6 Å². The maximum Gasteiger partial charge on any atom is 0.144 e. The van der Waals surface area contributed by atoms with E-state index in [1.54, 1.807) is 0 Å². The maximum atomic E-state index is 13.7. The Morgan fingerprint density at radius 1 is 1.05 bits per heavy atom. The molecule has 0 atom stereocenters. The van der Waals surface area contributed by atoms with Crippen molar-refractivity contribution in [3.05, 3.63) is 58.4 Å². The van der Waals surface area contributed by atoms with E-state index in [0.29, 0.717) is 5.69 Å². The monoisotopic (exact) mass is 290 g/mol. The molecule has 0 unspecified atom stereocenters. The second-order valence-corrected chi connectivity index (χ2v) is 5.49. The van der Waals surface area contributed by atoms with Gasteiger partial charge in [-0.1, -0.05) is 35.9 Å². The van der Waals surface area contributed by atoms with Gasteiger partial charge in [0.05, 0.1) is 16.4 Å². The summed E-state index contributed by atoms with van der Waals surface area (Å²) < 4.78 is 13.7. The van der Waals surface area contributed by atoms with Crippen LogP contribution >= 0.6 is 11.6 Å². The standard InChI is InChI=1S/C16H16ClFN2/c17-13-9-15(19)16(10-14(13)18)20-7-5-11-3-1-2-4-12(11)6-8-20/h1-4,9-10H,5-8,19H2. The Balaban J connectivity index is 1.89. The SMILES string of the molecule is Nc1cc(Cl)c(F)cc1N1CCc2ccccc2CC1. The van der Waals surface area contributed by atoms with Gasteiger partial charge in [-0.15, -0.1) is 0 Å². The van der Waals surface area contributed by atoms with E-state index in [1.807, 2.05) is 0 Å². The summed E-state index contributed by atoms with van der Waals surface area (Å²) in [5, 5.41) is 0.0735. The van der Waals surface area contributed by atoms with Crippen LogP contribution in [0.3, 0.4) is 0 Å². The molecule has 1 aliphatic heterocycles. The lowest BCUT2D eigenvalue weighted by atomic mass is 10.0. The number of fused-ring (bicyclic) bond motifs is 1. The van der Waals surface area contributed by atoms with Crippen molar-refractivity contribution in [3.8, 4) is 0 Å². The van der Waals surface area contributed by atoms with Crippen molar-refractivity contribution in [2.75, 3.05) is 23.7 Å². The lowest BCUT2D eigenvalue weighted by Crippen LogP contribution is -2.27. The summed E-state index contributed by atoms with van der Waals surface area (Å²) in [6, 6.07) is 11.4. The molecule has 0 spiro atoms. The van der Waals surface area contributed by atoms with Gasteiger partial charge >= 0.3 is 0 Å². The first-order chi connectivity index (χ1) is 9.65. The average Bonchev–Trinajstić information content (AvgIpc) is 2.65. The smallest absolute Gasteiger partial charge is 0.144 e. The third-order valence-electron chi connectivity index (χ3n) is 3.83. The van der Waals surface area contributed by atoms with Crippen molar-refractivity contribution in [2.24, 2.45) is 0 Å². The molecule has 0 saturated carbocycles.